The van der Waals surface area contributed by atoms with E-state index in [4.69, 9.17) is 0 Å². The Morgan fingerprint density at radius 2 is 1.61 bits per heavy atom. The zero-order valence-electron chi connectivity index (χ0n) is 12.1. The SMILES string of the molecule is c1ccc2nc(-c3cc4c(cn3)sc3ccccc34)ncc2c1. The van der Waals surface area contributed by atoms with Gasteiger partial charge in [-0.15, -0.1) is 11.3 Å². The van der Waals surface area contributed by atoms with Crippen LogP contribution in [0, 0.1) is 0 Å². The molecule has 0 amide bonds. The van der Waals surface area contributed by atoms with Crippen molar-refractivity contribution in [1.82, 2.24) is 15.0 Å². The fraction of sp³-hybridized carbons (Fsp3) is 0. The maximum absolute atomic E-state index is 4.65. The van der Waals surface area contributed by atoms with Crippen LogP contribution in [-0.2, 0) is 0 Å². The second kappa shape index (κ2) is 4.83. The van der Waals surface area contributed by atoms with E-state index in [1.165, 1.54) is 20.2 Å². The second-order valence-corrected chi connectivity index (χ2v) is 6.50. The van der Waals surface area contributed by atoms with Gasteiger partial charge in [0.15, 0.2) is 5.82 Å². The summed E-state index contributed by atoms with van der Waals surface area (Å²) in [6.07, 6.45) is 3.78. The minimum Gasteiger partial charge on any atom is -0.251 e. The Labute approximate surface area is 136 Å². The lowest BCUT2D eigenvalue weighted by Gasteiger charge is -2.02. The predicted octanol–water partition coefficient (Wildman–Crippen LogP) is 5.06. The number of hydrogen-bond donors (Lipinski definition) is 0. The quantitative estimate of drug-likeness (QED) is 0.434. The maximum Gasteiger partial charge on any atom is 0.178 e. The molecular formula is C19H11N3S. The van der Waals surface area contributed by atoms with Crippen LogP contribution >= 0.6 is 11.3 Å². The monoisotopic (exact) mass is 313 g/mol. The van der Waals surface area contributed by atoms with Crippen LogP contribution in [0.5, 0.6) is 0 Å². The third-order valence-corrected chi connectivity index (χ3v) is 5.10. The molecule has 0 N–H and O–H groups in total. The summed E-state index contributed by atoms with van der Waals surface area (Å²) in [5, 5.41) is 3.52. The molecule has 0 radical (unpaired) electrons. The summed E-state index contributed by atoms with van der Waals surface area (Å²) in [4.78, 5) is 13.7. The number of benzene rings is 2. The zero-order chi connectivity index (χ0) is 15.2. The Bertz CT molecular complexity index is 1180. The molecule has 3 nitrogen and oxygen atoms in total. The average Bonchev–Trinajstić information content (AvgIpc) is 2.99. The molecule has 3 heterocycles. The van der Waals surface area contributed by atoms with Gasteiger partial charge in [0.2, 0.25) is 0 Å². The van der Waals surface area contributed by atoms with Crippen molar-refractivity contribution in [3.8, 4) is 11.5 Å². The highest BCUT2D eigenvalue weighted by molar-refractivity contribution is 7.25. The number of pyridine rings is 1. The highest BCUT2D eigenvalue weighted by atomic mass is 32.1. The van der Waals surface area contributed by atoms with Crippen LogP contribution in [0.1, 0.15) is 0 Å². The summed E-state index contributed by atoms with van der Waals surface area (Å²) in [5.74, 6) is 0.667. The lowest BCUT2D eigenvalue weighted by molar-refractivity contribution is 1.18. The van der Waals surface area contributed by atoms with Gasteiger partial charge in [-0.1, -0.05) is 36.4 Å². The first kappa shape index (κ1) is 12.7. The minimum atomic E-state index is 0.667. The van der Waals surface area contributed by atoms with E-state index < -0.39 is 0 Å². The van der Waals surface area contributed by atoms with Crippen LogP contribution in [0.4, 0.5) is 0 Å². The van der Waals surface area contributed by atoms with Crippen molar-refractivity contribution < 1.29 is 0 Å². The van der Waals surface area contributed by atoms with Gasteiger partial charge in [-0.2, -0.15) is 0 Å². The number of thiophene rings is 1. The number of hydrogen-bond acceptors (Lipinski definition) is 4. The van der Waals surface area contributed by atoms with E-state index in [1.54, 1.807) is 11.3 Å². The van der Waals surface area contributed by atoms with Gasteiger partial charge >= 0.3 is 0 Å². The Hall–Kier alpha value is -2.85. The van der Waals surface area contributed by atoms with E-state index in [1.807, 2.05) is 36.7 Å². The first-order chi connectivity index (χ1) is 11.4. The molecule has 4 heteroatoms. The van der Waals surface area contributed by atoms with E-state index in [0.717, 1.165) is 16.6 Å². The highest BCUT2D eigenvalue weighted by Crippen LogP contribution is 2.34. The van der Waals surface area contributed by atoms with Crippen molar-refractivity contribution in [2.45, 2.75) is 0 Å². The summed E-state index contributed by atoms with van der Waals surface area (Å²) >= 11 is 1.76. The molecule has 0 atom stereocenters. The molecule has 3 aromatic heterocycles. The molecule has 0 aliphatic rings. The molecule has 108 valence electrons. The van der Waals surface area contributed by atoms with Gasteiger partial charge in [0.1, 0.15) is 5.69 Å². The maximum atomic E-state index is 4.65. The topological polar surface area (TPSA) is 38.7 Å². The summed E-state index contributed by atoms with van der Waals surface area (Å²) < 4.78 is 2.47. The zero-order valence-corrected chi connectivity index (χ0v) is 12.9. The molecule has 0 aliphatic carbocycles. The number of rotatable bonds is 1. The number of aromatic nitrogens is 3. The van der Waals surface area contributed by atoms with Crippen molar-refractivity contribution in [2.75, 3.05) is 0 Å². The normalized spacial score (nSPS) is 11.5. The Kier molecular flexibility index (Phi) is 2.66. The molecular weight excluding hydrogens is 302 g/mol. The molecule has 0 saturated carbocycles. The average molecular weight is 313 g/mol. The van der Waals surface area contributed by atoms with Gasteiger partial charge in [0.05, 0.1) is 10.2 Å². The van der Waals surface area contributed by atoms with E-state index in [9.17, 15) is 0 Å². The van der Waals surface area contributed by atoms with Crippen LogP contribution in [0.3, 0.4) is 0 Å². The molecule has 0 fully saturated rings. The Morgan fingerprint density at radius 1 is 0.739 bits per heavy atom. The summed E-state index contributed by atoms with van der Waals surface area (Å²) in [5.41, 5.74) is 1.75. The molecule has 5 aromatic rings. The van der Waals surface area contributed by atoms with Crippen LogP contribution < -0.4 is 0 Å². The molecule has 0 bridgehead atoms. The summed E-state index contributed by atoms with van der Waals surface area (Å²) in [7, 11) is 0. The fourth-order valence-electron chi connectivity index (χ4n) is 2.85. The molecule has 23 heavy (non-hydrogen) atoms. The summed E-state index contributed by atoms with van der Waals surface area (Å²) in [6, 6.07) is 18.5. The van der Waals surface area contributed by atoms with Gasteiger partial charge in [-0.3, -0.25) is 4.98 Å². The second-order valence-electron chi connectivity index (χ2n) is 5.42. The number of nitrogens with zero attached hydrogens (tertiary/aromatic N) is 3. The van der Waals surface area contributed by atoms with E-state index in [2.05, 4.69) is 45.3 Å². The van der Waals surface area contributed by atoms with Crippen LogP contribution in [0.25, 0.3) is 42.6 Å². The first-order valence-electron chi connectivity index (χ1n) is 7.38. The third kappa shape index (κ3) is 1.99. The molecule has 0 unspecified atom stereocenters. The van der Waals surface area contributed by atoms with E-state index in [0.29, 0.717) is 5.82 Å². The molecule has 0 aliphatic heterocycles. The molecule has 0 saturated heterocycles. The number of para-hydroxylation sites is 1. The fourth-order valence-corrected chi connectivity index (χ4v) is 3.90. The third-order valence-electron chi connectivity index (χ3n) is 3.98. The lowest BCUT2D eigenvalue weighted by atomic mass is 10.1. The molecule has 5 rings (SSSR count). The Balaban J connectivity index is 1.76. The van der Waals surface area contributed by atoms with Crippen molar-refractivity contribution >= 4 is 42.4 Å². The van der Waals surface area contributed by atoms with Gasteiger partial charge in [0.25, 0.3) is 0 Å². The molecule has 2 aromatic carbocycles. The number of fused-ring (bicyclic) bond motifs is 4. The van der Waals surface area contributed by atoms with Crippen molar-refractivity contribution in [1.29, 1.82) is 0 Å². The van der Waals surface area contributed by atoms with Gasteiger partial charge in [0, 0.05) is 33.3 Å². The van der Waals surface area contributed by atoms with Crippen molar-refractivity contribution in [2.24, 2.45) is 0 Å². The summed E-state index contributed by atoms with van der Waals surface area (Å²) in [6.45, 7) is 0. The molecule has 0 spiro atoms. The van der Waals surface area contributed by atoms with Crippen LogP contribution in [0.2, 0.25) is 0 Å². The van der Waals surface area contributed by atoms with E-state index in [-0.39, 0.29) is 0 Å². The van der Waals surface area contributed by atoms with Gasteiger partial charge < -0.3 is 0 Å². The van der Waals surface area contributed by atoms with Crippen molar-refractivity contribution in [3.05, 3.63) is 67.0 Å². The predicted molar refractivity (Wildman–Crippen MR) is 95.7 cm³/mol. The minimum absolute atomic E-state index is 0.667. The van der Waals surface area contributed by atoms with E-state index >= 15 is 0 Å². The Morgan fingerprint density at radius 3 is 2.61 bits per heavy atom. The first-order valence-corrected chi connectivity index (χ1v) is 8.19. The largest absolute Gasteiger partial charge is 0.251 e. The van der Waals surface area contributed by atoms with Crippen LogP contribution in [-0.4, -0.2) is 15.0 Å². The van der Waals surface area contributed by atoms with Crippen LogP contribution in [0.15, 0.2) is 67.0 Å². The lowest BCUT2D eigenvalue weighted by Crippen LogP contribution is -1.91. The van der Waals surface area contributed by atoms with Crippen molar-refractivity contribution in [3.63, 3.8) is 0 Å². The standard InChI is InChI=1S/C19H11N3S/c1-3-7-15-12(5-1)10-21-19(22-15)16-9-14-13-6-2-4-8-17(13)23-18(14)11-20-16/h1-11H. The van der Waals surface area contributed by atoms with Gasteiger partial charge in [-0.25, -0.2) is 9.97 Å². The van der Waals surface area contributed by atoms with Gasteiger partial charge in [-0.05, 0) is 18.2 Å². The highest BCUT2D eigenvalue weighted by Gasteiger charge is 2.09. The smallest absolute Gasteiger partial charge is 0.178 e.